The van der Waals surface area contributed by atoms with Gasteiger partial charge in [-0.2, -0.15) is 4.57 Å². The van der Waals surface area contributed by atoms with Gasteiger partial charge in [-0.1, -0.05) is 36.4 Å². The minimum Gasteiger partial charge on any atom is -0.390 e. The second kappa shape index (κ2) is 6.77. The highest BCUT2D eigenvalue weighted by atomic mass is 16.3. The standard InChI is InChI=1S/C23H23N2O/c1-24(2)18-13-11-17(12-14-18)23-19-7-3-5-9-21(19)25(15-16-26)22-10-6-4-8-20(22)23/h3-14,26H,15-16H2,1-2H3/q+1. The van der Waals surface area contributed by atoms with E-state index in [1.165, 1.54) is 27.6 Å². The van der Waals surface area contributed by atoms with Gasteiger partial charge in [0.25, 0.3) is 0 Å². The number of aliphatic hydroxyl groups is 1. The van der Waals surface area contributed by atoms with Gasteiger partial charge in [-0.3, -0.25) is 0 Å². The molecular formula is C23H23N2O+. The SMILES string of the molecule is CN(C)c1ccc(-c2c3ccccc3[n+](CCO)c3ccccc23)cc1. The van der Waals surface area contributed by atoms with Crippen LogP contribution in [0.4, 0.5) is 5.69 Å². The van der Waals surface area contributed by atoms with Gasteiger partial charge in [0.15, 0.2) is 6.54 Å². The van der Waals surface area contributed by atoms with Gasteiger partial charge in [0, 0.05) is 37.5 Å². The number of hydrogen-bond acceptors (Lipinski definition) is 2. The first-order valence-corrected chi connectivity index (χ1v) is 8.92. The maximum Gasteiger partial charge on any atom is 0.213 e. The Morgan fingerprint density at radius 3 is 1.81 bits per heavy atom. The van der Waals surface area contributed by atoms with Crippen LogP contribution in [0.5, 0.6) is 0 Å². The molecule has 3 aromatic carbocycles. The zero-order chi connectivity index (χ0) is 18.1. The number of anilines is 1. The summed E-state index contributed by atoms with van der Waals surface area (Å²) in [5.74, 6) is 0. The third-order valence-corrected chi connectivity index (χ3v) is 4.92. The maximum atomic E-state index is 9.58. The molecule has 0 unspecified atom stereocenters. The molecule has 1 aromatic heterocycles. The fraction of sp³-hybridized carbons (Fsp3) is 0.174. The molecule has 1 N–H and O–H groups in total. The zero-order valence-corrected chi connectivity index (χ0v) is 15.2. The van der Waals surface area contributed by atoms with E-state index in [1.54, 1.807) is 0 Å². The number of pyridine rings is 1. The van der Waals surface area contributed by atoms with Crippen molar-refractivity contribution in [1.82, 2.24) is 0 Å². The number of rotatable bonds is 4. The number of benzene rings is 3. The Bertz CT molecular complexity index is 1010. The van der Waals surface area contributed by atoms with Gasteiger partial charge < -0.3 is 10.0 Å². The van der Waals surface area contributed by atoms with Crippen molar-refractivity contribution < 1.29 is 9.67 Å². The van der Waals surface area contributed by atoms with E-state index >= 15 is 0 Å². The number of fused-ring (bicyclic) bond motifs is 2. The normalized spacial score (nSPS) is 11.2. The molecule has 26 heavy (non-hydrogen) atoms. The highest BCUT2D eigenvalue weighted by molar-refractivity contribution is 6.07. The molecular weight excluding hydrogens is 320 g/mol. The lowest BCUT2D eigenvalue weighted by atomic mass is 9.95. The van der Waals surface area contributed by atoms with Crippen molar-refractivity contribution in [3.05, 3.63) is 72.8 Å². The van der Waals surface area contributed by atoms with Gasteiger partial charge in [-0.05, 0) is 29.8 Å². The molecule has 4 aromatic rings. The van der Waals surface area contributed by atoms with E-state index in [-0.39, 0.29) is 6.61 Å². The average molecular weight is 343 g/mol. The van der Waals surface area contributed by atoms with Crippen molar-refractivity contribution in [2.24, 2.45) is 0 Å². The Balaban J connectivity index is 2.09. The molecule has 0 saturated carbocycles. The number of para-hydroxylation sites is 2. The van der Waals surface area contributed by atoms with Crippen LogP contribution in [-0.4, -0.2) is 25.8 Å². The zero-order valence-electron chi connectivity index (χ0n) is 15.2. The summed E-state index contributed by atoms with van der Waals surface area (Å²) in [6.45, 7) is 0.705. The molecule has 0 bridgehead atoms. The van der Waals surface area contributed by atoms with Gasteiger partial charge in [-0.25, -0.2) is 0 Å². The summed E-state index contributed by atoms with van der Waals surface area (Å²) < 4.78 is 2.21. The Morgan fingerprint density at radius 2 is 1.31 bits per heavy atom. The van der Waals surface area contributed by atoms with Crippen LogP contribution >= 0.6 is 0 Å². The van der Waals surface area contributed by atoms with Gasteiger partial charge >= 0.3 is 0 Å². The highest BCUT2D eigenvalue weighted by Gasteiger charge is 2.20. The van der Waals surface area contributed by atoms with Gasteiger partial charge in [-0.15, -0.1) is 0 Å². The van der Waals surface area contributed by atoms with E-state index in [9.17, 15) is 5.11 Å². The molecule has 0 aliphatic heterocycles. The van der Waals surface area contributed by atoms with Crippen LogP contribution in [-0.2, 0) is 6.54 Å². The fourth-order valence-electron chi connectivity index (χ4n) is 3.69. The van der Waals surface area contributed by atoms with E-state index in [4.69, 9.17) is 0 Å². The molecule has 0 amide bonds. The van der Waals surface area contributed by atoms with Gasteiger partial charge in [0.1, 0.15) is 6.61 Å². The molecule has 4 rings (SSSR count). The van der Waals surface area contributed by atoms with E-state index in [0.29, 0.717) is 6.54 Å². The van der Waals surface area contributed by atoms with E-state index in [1.807, 2.05) is 0 Å². The second-order valence-electron chi connectivity index (χ2n) is 6.73. The lowest BCUT2D eigenvalue weighted by Crippen LogP contribution is -2.37. The summed E-state index contributed by atoms with van der Waals surface area (Å²) >= 11 is 0. The largest absolute Gasteiger partial charge is 0.390 e. The van der Waals surface area contributed by atoms with E-state index in [2.05, 4.69) is 96.4 Å². The Kier molecular flexibility index (Phi) is 4.31. The number of nitrogens with zero attached hydrogens (tertiary/aromatic N) is 2. The van der Waals surface area contributed by atoms with Crippen LogP contribution in [0.3, 0.4) is 0 Å². The van der Waals surface area contributed by atoms with Crippen molar-refractivity contribution in [3.8, 4) is 11.1 Å². The van der Waals surface area contributed by atoms with Crippen molar-refractivity contribution in [2.45, 2.75) is 6.54 Å². The third-order valence-electron chi connectivity index (χ3n) is 4.92. The average Bonchev–Trinajstić information content (AvgIpc) is 2.68. The summed E-state index contributed by atoms with van der Waals surface area (Å²) in [7, 11) is 4.11. The molecule has 0 aliphatic rings. The molecule has 0 saturated heterocycles. The van der Waals surface area contributed by atoms with Crippen LogP contribution in [0.15, 0.2) is 72.8 Å². The smallest absolute Gasteiger partial charge is 0.213 e. The summed E-state index contributed by atoms with van der Waals surface area (Å²) in [5.41, 5.74) is 5.93. The highest BCUT2D eigenvalue weighted by Crippen LogP contribution is 2.34. The second-order valence-corrected chi connectivity index (χ2v) is 6.73. The fourth-order valence-corrected chi connectivity index (χ4v) is 3.69. The minimum atomic E-state index is 0.121. The molecule has 130 valence electrons. The third kappa shape index (κ3) is 2.71. The number of aromatic nitrogens is 1. The topological polar surface area (TPSA) is 27.4 Å². The first-order valence-electron chi connectivity index (χ1n) is 8.92. The predicted molar refractivity (Wildman–Crippen MR) is 108 cm³/mol. The Morgan fingerprint density at radius 1 is 0.769 bits per heavy atom. The predicted octanol–water partition coefficient (Wildman–Crippen LogP) is 4.01. The summed E-state index contributed by atoms with van der Waals surface area (Å²) in [6, 6.07) is 25.6. The van der Waals surface area contributed by atoms with Gasteiger partial charge in [0.05, 0.1) is 10.8 Å². The van der Waals surface area contributed by atoms with Crippen LogP contribution < -0.4 is 9.47 Å². The summed E-state index contributed by atoms with van der Waals surface area (Å²) in [6.07, 6.45) is 0. The lowest BCUT2D eigenvalue weighted by Gasteiger charge is -2.15. The Hall–Kier alpha value is -2.91. The van der Waals surface area contributed by atoms with Crippen LogP contribution in [0, 0.1) is 0 Å². The van der Waals surface area contributed by atoms with Crippen LogP contribution in [0.25, 0.3) is 32.9 Å². The quantitative estimate of drug-likeness (QED) is 0.448. The Labute approximate surface area is 153 Å². The van der Waals surface area contributed by atoms with Gasteiger partial charge in [0.2, 0.25) is 11.0 Å². The summed E-state index contributed by atoms with van der Waals surface area (Å²) in [4.78, 5) is 2.11. The van der Waals surface area contributed by atoms with Crippen LogP contribution in [0.1, 0.15) is 0 Å². The maximum absolute atomic E-state index is 9.58. The van der Waals surface area contributed by atoms with E-state index in [0.717, 1.165) is 11.0 Å². The van der Waals surface area contributed by atoms with Crippen molar-refractivity contribution in [1.29, 1.82) is 0 Å². The molecule has 3 nitrogen and oxygen atoms in total. The van der Waals surface area contributed by atoms with Crippen molar-refractivity contribution in [3.63, 3.8) is 0 Å². The molecule has 1 heterocycles. The monoisotopic (exact) mass is 343 g/mol. The first kappa shape index (κ1) is 16.6. The minimum absolute atomic E-state index is 0.121. The first-order chi connectivity index (χ1) is 12.7. The van der Waals surface area contributed by atoms with Crippen molar-refractivity contribution in [2.75, 3.05) is 25.6 Å². The molecule has 0 spiro atoms. The van der Waals surface area contributed by atoms with E-state index < -0.39 is 0 Å². The number of aliphatic hydroxyl groups excluding tert-OH is 1. The number of hydrogen-bond donors (Lipinski definition) is 1. The molecule has 3 heteroatoms. The molecule has 0 atom stereocenters. The van der Waals surface area contributed by atoms with Crippen molar-refractivity contribution >= 4 is 27.5 Å². The van der Waals surface area contributed by atoms with Crippen LogP contribution in [0.2, 0.25) is 0 Å². The molecule has 0 fully saturated rings. The molecule has 0 aliphatic carbocycles. The summed E-state index contributed by atoms with van der Waals surface area (Å²) in [5, 5.41) is 12.0. The lowest BCUT2D eigenvalue weighted by molar-refractivity contribution is -0.646. The molecule has 0 radical (unpaired) electrons.